The Balaban J connectivity index is 1.76. The van der Waals surface area contributed by atoms with Crippen LogP contribution in [0, 0.1) is 23.1 Å². The number of hydrogen-bond acceptors (Lipinski definition) is 2. The van der Waals surface area contributed by atoms with Gasteiger partial charge in [-0.1, -0.05) is 6.07 Å². The summed E-state index contributed by atoms with van der Waals surface area (Å²) >= 11 is 0. The molecule has 0 spiro atoms. The van der Waals surface area contributed by atoms with Gasteiger partial charge in [-0.2, -0.15) is 0 Å². The van der Waals surface area contributed by atoms with Gasteiger partial charge >= 0.3 is 0 Å². The average molecular weight is 263 g/mol. The van der Waals surface area contributed by atoms with Gasteiger partial charge in [0.1, 0.15) is 0 Å². The highest BCUT2D eigenvalue weighted by Crippen LogP contribution is 2.60. The van der Waals surface area contributed by atoms with Crippen LogP contribution < -0.4 is 10.1 Å². The van der Waals surface area contributed by atoms with Crippen LogP contribution in [0.5, 0.6) is 5.75 Å². The average Bonchev–Trinajstić information content (AvgIpc) is 2.98. The molecule has 3 rings (SSSR count). The first kappa shape index (κ1) is 12.9. The van der Waals surface area contributed by atoms with Gasteiger partial charge in [-0.15, -0.1) is 0 Å². The van der Waals surface area contributed by atoms with Crippen molar-refractivity contribution >= 4 is 0 Å². The van der Waals surface area contributed by atoms with Gasteiger partial charge < -0.3 is 10.1 Å². The molecule has 0 heterocycles. The number of halogens is 1. The second-order valence-corrected chi connectivity index (χ2v) is 6.34. The van der Waals surface area contributed by atoms with Crippen molar-refractivity contribution in [3.63, 3.8) is 0 Å². The highest BCUT2D eigenvalue weighted by molar-refractivity contribution is 5.30. The molecule has 0 aliphatic heterocycles. The number of ether oxygens (including phenoxy) is 1. The highest BCUT2D eigenvalue weighted by atomic mass is 19.1. The van der Waals surface area contributed by atoms with Gasteiger partial charge in [0.15, 0.2) is 11.6 Å². The predicted octanol–water partition coefficient (Wildman–Crippen LogP) is 3.01. The van der Waals surface area contributed by atoms with E-state index in [9.17, 15) is 4.39 Å². The van der Waals surface area contributed by atoms with Crippen LogP contribution in [0.15, 0.2) is 18.2 Å². The molecule has 19 heavy (non-hydrogen) atoms. The summed E-state index contributed by atoms with van der Waals surface area (Å²) in [5, 5.41) is 3.33. The second kappa shape index (κ2) is 4.78. The van der Waals surface area contributed by atoms with Crippen LogP contribution in [-0.4, -0.2) is 20.7 Å². The lowest BCUT2D eigenvalue weighted by Gasteiger charge is -2.31. The number of methoxy groups -OCH3 is 1. The summed E-state index contributed by atoms with van der Waals surface area (Å²) in [4.78, 5) is 0. The molecule has 2 unspecified atom stereocenters. The van der Waals surface area contributed by atoms with Crippen LogP contribution in [0.4, 0.5) is 4.39 Å². The second-order valence-electron chi connectivity index (χ2n) is 6.34. The molecular weight excluding hydrogens is 241 g/mol. The van der Waals surface area contributed by atoms with E-state index in [0.717, 1.165) is 30.4 Å². The molecule has 2 fully saturated rings. The van der Waals surface area contributed by atoms with E-state index in [1.54, 1.807) is 12.1 Å². The maximum atomic E-state index is 13.8. The van der Waals surface area contributed by atoms with Gasteiger partial charge in [-0.25, -0.2) is 4.39 Å². The minimum absolute atomic E-state index is 0.247. The van der Waals surface area contributed by atoms with Crippen LogP contribution in [0.3, 0.4) is 0 Å². The van der Waals surface area contributed by atoms with E-state index in [1.165, 1.54) is 26.4 Å². The van der Waals surface area contributed by atoms with Crippen molar-refractivity contribution in [2.45, 2.75) is 25.7 Å². The van der Waals surface area contributed by atoms with Crippen LogP contribution in [-0.2, 0) is 6.42 Å². The molecule has 3 heteroatoms. The van der Waals surface area contributed by atoms with Gasteiger partial charge in [-0.3, -0.25) is 0 Å². The fraction of sp³-hybridized carbons (Fsp3) is 0.625. The maximum absolute atomic E-state index is 13.8. The lowest BCUT2D eigenvalue weighted by Crippen LogP contribution is -2.33. The lowest BCUT2D eigenvalue weighted by atomic mass is 9.77. The summed E-state index contributed by atoms with van der Waals surface area (Å²) in [5.41, 5.74) is 1.43. The first-order valence-corrected chi connectivity index (χ1v) is 7.13. The van der Waals surface area contributed by atoms with E-state index >= 15 is 0 Å². The first-order chi connectivity index (χ1) is 9.15. The van der Waals surface area contributed by atoms with Crippen molar-refractivity contribution in [2.75, 3.05) is 20.7 Å². The Morgan fingerprint density at radius 3 is 2.68 bits per heavy atom. The van der Waals surface area contributed by atoms with Crippen molar-refractivity contribution in [3.05, 3.63) is 29.6 Å². The van der Waals surface area contributed by atoms with E-state index in [4.69, 9.17) is 4.74 Å². The number of fused-ring (bicyclic) bond motifs is 1. The third kappa shape index (κ3) is 2.48. The maximum Gasteiger partial charge on any atom is 0.165 e. The largest absolute Gasteiger partial charge is 0.494 e. The zero-order valence-corrected chi connectivity index (χ0v) is 11.7. The van der Waals surface area contributed by atoms with Crippen molar-refractivity contribution in [1.82, 2.24) is 5.32 Å². The van der Waals surface area contributed by atoms with Crippen LogP contribution in [0.2, 0.25) is 0 Å². The van der Waals surface area contributed by atoms with E-state index in [-0.39, 0.29) is 5.82 Å². The van der Waals surface area contributed by atoms with Gasteiger partial charge in [0.05, 0.1) is 7.11 Å². The van der Waals surface area contributed by atoms with E-state index in [2.05, 4.69) is 5.32 Å². The van der Waals surface area contributed by atoms with Gasteiger partial charge in [0.2, 0.25) is 0 Å². The molecule has 1 aromatic carbocycles. The van der Waals surface area contributed by atoms with Crippen molar-refractivity contribution < 1.29 is 9.13 Å². The molecule has 2 nitrogen and oxygen atoms in total. The molecule has 2 aliphatic rings. The summed E-state index contributed by atoms with van der Waals surface area (Å²) in [7, 11) is 3.52. The number of benzene rings is 1. The fourth-order valence-corrected chi connectivity index (χ4v) is 3.99. The number of hydrogen-bond donors (Lipinski definition) is 1. The predicted molar refractivity (Wildman–Crippen MR) is 73.8 cm³/mol. The van der Waals surface area contributed by atoms with Crippen molar-refractivity contribution in [1.29, 1.82) is 0 Å². The molecule has 2 saturated carbocycles. The quantitative estimate of drug-likeness (QED) is 0.881. The third-order valence-corrected chi connectivity index (χ3v) is 4.81. The SMILES string of the molecule is CNCC1(Cc2ccc(OC)c(F)c2)CC2CC2C1. The molecule has 0 radical (unpaired) electrons. The molecule has 2 atom stereocenters. The molecule has 2 aliphatic carbocycles. The standard InChI is InChI=1S/C16H22FNO/c1-18-10-16(8-12-6-13(12)9-16)7-11-3-4-15(19-2)14(17)5-11/h3-5,12-13,18H,6-10H2,1-2H3. The summed E-state index contributed by atoms with van der Waals surface area (Å²) < 4.78 is 18.8. The van der Waals surface area contributed by atoms with E-state index in [1.807, 2.05) is 13.1 Å². The molecule has 0 saturated heterocycles. The monoisotopic (exact) mass is 263 g/mol. The van der Waals surface area contributed by atoms with Crippen LogP contribution >= 0.6 is 0 Å². The molecule has 0 bridgehead atoms. The number of nitrogens with one attached hydrogen (secondary N) is 1. The zero-order valence-electron chi connectivity index (χ0n) is 11.7. The normalized spacial score (nSPS) is 32.2. The summed E-state index contributed by atoms with van der Waals surface area (Å²) in [6, 6.07) is 5.39. The topological polar surface area (TPSA) is 21.3 Å². The Bertz CT molecular complexity index is 464. The van der Waals surface area contributed by atoms with Crippen molar-refractivity contribution in [2.24, 2.45) is 17.3 Å². The molecule has 0 amide bonds. The fourth-order valence-electron chi connectivity index (χ4n) is 3.99. The summed E-state index contributed by atoms with van der Waals surface area (Å²) in [6.07, 6.45) is 4.99. The summed E-state index contributed by atoms with van der Waals surface area (Å²) in [5.74, 6) is 1.97. The lowest BCUT2D eigenvalue weighted by molar-refractivity contribution is 0.254. The molecule has 1 aromatic rings. The first-order valence-electron chi connectivity index (χ1n) is 7.13. The van der Waals surface area contributed by atoms with E-state index < -0.39 is 0 Å². The molecule has 1 N–H and O–H groups in total. The Morgan fingerprint density at radius 2 is 2.11 bits per heavy atom. The molecule has 104 valence electrons. The minimum atomic E-state index is -0.247. The highest BCUT2D eigenvalue weighted by Gasteiger charge is 2.53. The summed E-state index contributed by atoms with van der Waals surface area (Å²) in [6.45, 7) is 1.04. The molecule has 0 aromatic heterocycles. The Morgan fingerprint density at radius 1 is 1.37 bits per heavy atom. The number of rotatable bonds is 5. The van der Waals surface area contributed by atoms with Gasteiger partial charge in [-0.05, 0) is 67.7 Å². The van der Waals surface area contributed by atoms with E-state index in [0.29, 0.717) is 11.2 Å². The minimum Gasteiger partial charge on any atom is -0.494 e. The Kier molecular flexibility index (Phi) is 3.25. The zero-order chi connectivity index (χ0) is 13.5. The van der Waals surface area contributed by atoms with Gasteiger partial charge in [0, 0.05) is 6.54 Å². The van der Waals surface area contributed by atoms with Crippen molar-refractivity contribution in [3.8, 4) is 5.75 Å². The Labute approximate surface area is 114 Å². The Hall–Kier alpha value is -1.09. The van der Waals surface area contributed by atoms with Gasteiger partial charge in [0.25, 0.3) is 0 Å². The third-order valence-electron chi connectivity index (χ3n) is 4.81. The van der Waals surface area contributed by atoms with Crippen LogP contribution in [0.25, 0.3) is 0 Å². The molecular formula is C16H22FNO. The van der Waals surface area contributed by atoms with Crippen LogP contribution in [0.1, 0.15) is 24.8 Å². The smallest absolute Gasteiger partial charge is 0.165 e.